The number of hydrogen-bond acceptors (Lipinski definition) is 3. The fourth-order valence-corrected chi connectivity index (χ4v) is 4.52. The third-order valence-electron chi connectivity index (χ3n) is 6.18. The molecule has 5 heteroatoms. The molecule has 0 spiro atoms. The number of benzene rings is 3. The lowest BCUT2D eigenvalue weighted by Gasteiger charge is -2.31. The van der Waals surface area contributed by atoms with Crippen LogP contribution in [0.4, 0.5) is 11.4 Å². The molecule has 3 aromatic carbocycles. The molecule has 5 nitrogen and oxygen atoms in total. The van der Waals surface area contributed by atoms with Gasteiger partial charge in [-0.25, -0.2) is 0 Å². The van der Waals surface area contributed by atoms with Crippen molar-refractivity contribution in [1.29, 1.82) is 0 Å². The summed E-state index contributed by atoms with van der Waals surface area (Å²) in [5.41, 5.74) is 2.60. The largest absolute Gasteiger partial charge is 0.280 e. The number of amides is 1. The third-order valence-corrected chi connectivity index (χ3v) is 6.18. The van der Waals surface area contributed by atoms with Gasteiger partial charge in [-0.15, -0.1) is 0 Å². The first kappa shape index (κ1) is 19.8. The number of carbonyl (C=O) groups excluding carboxylic acids is 1. The molecular formula is C25H24N2O3. The van der Waals surface area contributed by atoms with Gasteiger partial charge in [0.25, 0.3) is 0 Å². The molecule has 0 N–H and O–H groups in total. The summed E-state index contributed by atoms with van der Waals surface area (Å²) in [6.07, 6.45) is 1.25. The Bertz CT molecular complexity index is 1050. The van der Waals surface area contributed by atoms with Gasteiger partial charge in [-0.05, 0) is 49.1 Å². The van der Waals surface area contributed by atoms with Gasteiger partial charge in [0, 0.05) is 16.5 Å². The van der Waals surface area contributed by atoms with Crippen molar-refractivity contribution < 1.29 is 9.72 Å². The molecule has 30 heavy (non-hydrogen) atoms. The van der Waals surface area contributed by atoms with Crippen LogP contribution in [0.3, 0.4) is 0 Å². The molecular weight excluding hydrogens is 376 g/mol. The zero-order valence-electron chi connectivity index (χ0n) is 16.9. The molecule has 1 aliphatic heterocycles. The van der Waals surface area contributed by atoms with Gasteiger partial charge in [-0.2, -0.15) is 0 Å². The highest BCUT2D eigenvalue weighted by Crippen LogP contribution is 2.50. The molecule has 1 heterocycles. The molecule has 0 unspecified atom stereocenters. The van der Waals surface area contributed by atoms with Gasteiger partial charge in [0.15, 0.2) is 0 Å². The van der Waals surface area contributed by atoms with Crippen LogP contribution in [0.15, 0.2) is 84.9 Å². The SMILES string of the molecule is C[C@@]1([C@@H](CCc2ccccc2)C[N+](=O)[O-])C(=O)N(c2ccccc2)c2ccccc21. The van der Waals surface area contributed by atoms with Crippen molar-refractivity contribution in [1.82, 2.24) is 0 Å². The second kappa shape index (κ2) is 8.11. The van der Waals surface area contributed by atoms with E-state index in [1.54, 1.807) is 4.90 Å². The van der Waals surface area contributed by atoms with Crippen LogP contribution in [0, 0.1) is 16.0 Å². The lowest BCUT2D eigenvalue weighted by molar-refractivity contribution is -0.490. The van der Waals surface area contributed by atoms with Crippen molar-refractivity contribution in [2.75, 3.05) is 11.4 Å². The number of hydrogen-bond donors (Lipinski definition) is 0. The molecule has 152 valence electrons. The van der Waals surface area contributed by atoms with E-state index in [0.29, 0.717) is 12.8 Å². The van der Waals surface area contributed by atoms with Crippen molar-refractivity contribution >= 4 is 17.3 Å². The second-order valence-electron chi connectivity index (χ2n) is 7.93. The monoisotopic (exact) mass is 400 g/mol. The smallest absolute Gasteiger partial charge is 0.242 e. The van der Waals surface area contributed by atoms with Crippen molar-refractivity contribution in [3.63, 3.8) is 0 Å². The van der Waals surface area contributed by atoms with Crippen LogP contribution in [0.5, 0.6) is 0 Å². The van der Waals surface area contributed by atoms with E-state index in [1.807, 2.05) is 91.9 Å². The molecule has 1 aliphatic rings. The summed E-state index contributed by atoms with van der Waals surface area (Å²) in [5, 5.41) is 11.6. The number of nitrogens with zero attached hydrogens (tertiary/aromatic N) is 2. The maximum absolute atomic E-state index is 13.8. The fourth-order valence-electron chi connectivity index (χ4n) is 4.52. The van der Waals surface area contributed by atoms with Gasteiger partial charge < -0.3 is 0 Å². The van der Waals surface area contributed by atoms with Crippen LogP contribution in [0.2, 0.25) is 0 Å². The highest BCUT2D eigenvalue weighted by atomic mass is 16.6. The number of carbonyl (C=O) groups is 1. The average molecular weight is 400 g/mol. The Hall–Kier alpha value is -3.47. The van der Waals surface area contributed by atoms with Crippen molar-refractivity contribution in [2.45, 2.75) is 25.2 Å². The molecule has 4 rings (SSSR count). The summed E-state index contributed by atoms with van der Waals surface area (Å²) in [6.45, 7) is 1.63. The standard InChI is InChI=1S/C25H24N2O3/c1-25(20(18-26(29)30)17-16-19-10-4-2-5-11-19)22-14-8-9-15-23(22)27(24(25)28)21-12-6-3-7-13-21/h2-15,20H,16-18H2,1H3/t20-,25-/m0/s1. The van der Waals surface area contributed by atoms with Gasteiger partial charge >= 0.3 is 0 Å². The van der Waals surface area contributed by atoms with E-state index in [4.69, 9.17) is 0 Å². The third kappa shape index (κ3) is 3.47. The van der Waals surface area contributed by atoms with E-state index in [2.05, 4.69) is 0 Å². The van der Waals surface area contributed by atoms with Gasteiger partial charge in [-0.1, -0.05) is 66.7 Å². The van der Waals surface area contributed by atoms with Crippen LogP contribution < -0.4 is 4.90 Å². The maximum atomic E-state index is 13.8. The number of rotatable bonds is 7. The van der Waals surface area contributed by atoms with Crippen LogP contribution in [0.25, 0.3) is 0 Å². The predicted molar refractivity (Wildman–Crippen MR) is 117 cm³/mol. The molecule has 0 aliphatic carbocycles. The topological polar surface area (TPSA) is 63.5 Å². The molecule has 0 saturated carbocycles. The summed E-state index contributed by atoms with van der Waals surface area (Å²) in [5.74, 6) is -0.523. The minimum atomic E-state index is -0.964. The number of anilines is 2. The Morgan fingerprint density at radius 3 is 2.20 bits per heavy atom. The van der Waals surface area contributed by atoms with Crippen LogP contribution in [-0.2, 0) is 16.6 Å². The molecule has 3 aromatic rings. The summed E-state index contributed by atoms with van der Waals surface area (Å²) in [7, 11) is 0. The molecule has 0 aromatic heterocycles. The lowest BCUT2D eigenvalue weighted by Crippen LogP contribution is -2.44. The van der Waals surface area contributed by atoms with E-state index < -0.39 is 11.3 Å². The minimum Gasteiger partial charge on any atom is -0.280 e. The van der Waals surface area contributed by atoms with Crippen molar-refractivity contribution in [2.24, 2.45) is 5.92 Å². The predicted octanol–water partition coefficient (Wildman–Crippen LogP) is 5.15. The number of nitro groups is 1. The van der Waals surface area contributed by atoms with E-state index in [9.17, 15) is 14.9 Å². The zero-order valence-corrected chi connectivity index (χ0v) is 16.9. The fraction of sp³-hybridized carbons (Fsp3) is 0.240. The Morgan fingerprint density at radius 2 is 1.53 bits per heavy atom. The van der Waals surface area contributed by atoms with Gasteiger partial charge in [-0.3, -0.25) is 19.8 Å². The van der Waals surface area contributed by atoms with Gasteiger partial charge in [0.1, 0.15) is 0 Å². The van der Waals surface area contributed by atoms with E-state index >= 15 is 0 Å². The van der Waals surface area contributed by atoms with E-state index in [1.165, 1.54) is 0 Å². The second-order valence-corrected chi connectivity index (χ2v) is 7.93. The highest BCUT2D eigenvalue weighted by molar-refractivity contribution is 6.12. The van der Waals surface area contributed by atoms with E-state index in [0.717, 1.165) is 22.5 Å². The number of fused-ring (bicyclic) bond motifs is 1. The Morgan fingerprint density at radius 1 is 0.933 bits per heavy atom. The summed E-state index contributed by atoms with van der Waals surface area (Å²) in [6, 6.07) is 27.1. The normalized spacial score (nSPS) is 18.8. The maximum Gasteiger partial charge on any atom is 0.242 e. The molecule has 2 atom stereocenters. The van der Waals surface area contributed by atoms with Crippen LogP contribution >= 0.6 is 0 Å². The zero-order chi connectivity index (χ0) is 21.1. The lowest BCUT2D eigenvalue weighted by atomic mass is 9.70. The highest BCUT2D eigenvalue weighted by Gasteiger charge is 2.53. The Labute approximate surface area is 176 Å². The van der Waals surface area contributed by atoms with Gasteiger partial charge in [0.05, 0.1) is 11.1 Å². The molecule has 0 radical (unpaired) electrons. The molecule has 0 fully saturated rings. The number of para-hydroxylation sites is 2. The first-order valence-corrected chi connectivity index (χ1v) is 10.2. The average Bonchev–Trinajstić information content (AvgIpc) is 3.00. The Kier molecular flexibility index (Phi) is 5.36. The summed E-state index contributed by atoms with van der Waals surface area (Å²) < 4.78 is 0. The van der Waals surface area contributed by atoms with E-state index in [-0.39, 0.29) is 17.4 Å². The minimum absolute atomic E-state index is 0.102. The summed E-state index contributed by atoms with van der Waals surface area (Å²) in [4.78, 5) is 26.8. The molecule has 1 amide bonds. The first-order chi connectivity index (χ1) is 14.5. The molecule has 0 bridgehead atoms. The van der Waals surface area contributed by atoms with Crippen molar-refractivity contribution in [3.05, 3.63) is 106 Å². The van der Waals surface area contributed by atoms with Crippen molar-refractivity contribution in [3.8, 4) is 0 Å². The van der Waals surface area contributed by atoms with Crippen LogP contribution in [0.1, 0.15) is 24.5 Å². The van der Waals surface area contributed by atoms with Crippen LogP contribution in [-0.4, -0.2) is 17.4 Å². The van der Waals surface area contributed by atoms with Gasteiger partial charge in [0.2, 0.25) is 12.5 Å². The quantitative estimate of drug-likeness (QED) is 0.407. The summed E-state index contributed by atoms with van der Waals surface area (Å²) >= 11 is 0. The number of aryl methyl sites for hydroxylation is 1. The first-order valence-electron chi connectivity index (χ1n) is 10.2. The Balaban J connectivity index is 1.75. The molecule has 0 saturated heterocycles.